The van der Waals surface area contributed by atoms with Gasteiger partial charge in [0.2, 0.25) is 0 Å². The molecule has 1 spiro atoms. The van der Waals surface area contributed by atoms with E-state index in [1.807, 2.05) is 12.2 Å². The highest BCUT2D eigenvalue weighted by molar-refractivity contribution is 5.96. The zero-order chi connectivity index (χ0) is 40.2. The van der Waals surface area contributed by atoms with Crippen molar-refractivity contribution in [3.8, 4) is 55.6 Å². The molecule has 0 saturated heterocycles. The summed E-state index contributed by atoms with van der Waals surface area (Å²) in [5.74, 6) is 0. The van der Waals surface area contributed by atoms with Crippen molar-refractivity contribution in [1.82, 2.24) is 0 Å². The zero-order valence-electron chi connectivity index (χ0n) is 33.2. The minimum atomic E-state index is -0.369. The summed E-state index contributed by atoms with van der Waals surface area (Å²) in [5, 5.41) is 0. The number of benzene rings is 9. The first-order valence-corrected chi connectivity index (χ1v) is 20.6. The van der Waals surface area contributed by atoms with Crippen molar-refractivity contribution in [3.05, 3.63) is 259 Å². The fraction of sp³-hybridized carbons (Fsp3) is 0.0169. The first-order chi connectivity index (χ1) is 29.6. The summed E-state index contributed by atoms with van der Waals surface area (Å²) in [6, 6.07) is 78.0. The highest BCUT2D eigenvalue weighted by atomic mass is 15.1. The van der Waals surface area contributed by atoms with Crippen LogP contribution >= 0.6 is 0 Å². The number of anilines is 3. The summed E-state index contributed by atoms with van der Waals surface area (Å²) in [6.45, 7) is 7.83. The minimum absolute atomic E-state index is 0.369. The average Bonchev–Trinajstić information content (AvgIpc) is 3.79. The van der Waals surface area contributed by atoms with E-state index in [-0.39, 0.29) is 5.41 Å². The quantitative estimate of drug-likeness (QED) is 0.149. The molecular formula is C59H41N. The minimum Gasteiger partial charge on any atom is -0.311 e. The van der Waals surface area contributed by atoms with Crippen LogP contribution in [0.4, 0.5) is 17.1 Å². The lowest BCUT2D eigenvalue weighted by Crippen LogP contribution is -2.25. The van der Waals surface area contributed by atoms with Crippen molar-refractivity contribution in [2.45, 2.75) is 5.41 Å². The van der Waals surface area contributed by atoms with Crippen LogP contribution < -0.4 is 4.90 Å². The Balaban J connectivity index is 0.993. The SMILES string of the molecule is C=Cc1ccc(-c2ccc(N(c3ccc(-c4ccc(C=C)cc4)cc3)c3ccc(-c4ccc5c(c4)C4(c6ccccc6-c6ccccc64)c4ccccc4-5)cc3)cc2)cc1. The Bertz CT molecular complexity index is 2920. The Labute approximate surface area is 352 Å². The highest BCUT2D eigenvalue weighted by Crippen LogP contribution is 2.63. The van der Waals surface area contributed by atoms with Gasteiger partial charge in [0, 0.05) is 17.1 Å². The molecule has 60 heavy (non-hydrogen) atoms. The van der Waals surface area contributed by atoms with E-state index < -0.39 is 0 Å². The van der Waals surface area contributed by atoms with Crippen molar-refractivity contribution in [2.24, 2.45) is 0 Å². The van der Waals surface area contributed by atoms with Gasteiger partial charge in [0.15, 0.2) is 0 Å². The van der Waals surface area contributed by atoms with E-state index in [0.29, 0.717) is 0 Å². The van der Waals surface area contributed by atoms with E-state index in [4.69, 9.17) is 0 Å². The fourth-order valence-corrected chi connectivity index (χ4v) is 9.75. The molecule has 0 aliphatic heterocycles. The largest absolute Gasteiger partial charge is 0.311 e. The van der Waals surface area contributed by atoms with E-state index in [2.05, 4.69) is 230 Å². The van der Waals surface area contributed by atoms with Crippen LogP contribution in [0.5, 0.6) is 0 Å². The predicted octanol–water partition coefficient (Wildman–Crippen LogP) is 15.8. The Morgan fingerprint density at radius 2 is 0.600 bits per heavy atom. The molecule has 0 aromatic heterocycles. The van der Waals surface area contributed by atoms with Crippen LogP contribution in [0.25, 0.3) is 67.8 Å². The normalized spacial score (nSPS) is 12.6. The molecule has 9 aromatic carbocycles. The molecule has 1 heteroatoms. The molecule has 11 rings (SSSR count). The lowest BCUT2D eigenvalue weighted by atomic mass is 9.70. The number of nitrogens with zero attached hydrogens (tertiary/aromatic N) is 1. The Morgan fingerprint density at radius 3 is 0.967 bits per heavy atom. The van der Waals surface area contributed by atoms with Crippen LogP contribution in [0.1, 0.15) is 33.4 Å². The Morgan fingerprint density at radius 1 is 0.300 bits per heavy atom. The van der Waals surface area contributed by atoms with Crippen LogP contribution in [0.2, 0.25) is 0 Å². The van der Waals surface area contributed by atoms with Gasteiger partial charge in [-0.25, -0.2) is 0 Å². The fourth-order valence-electron chi connectivity index (χ4n) is 9.75. The number of rotatable bonds is 8. The van der Waals surface area contributed by atoms with E-state index in [9.17, 15) is 0 Å². The molecule has 2 aliphatic carbocycles. The monoisotopic (exact) mass is 763 g/mol. The maximum Gasteiger partial charge on any atom is 0.0725 e. The van der Waals surface area contributed by atoms with Gasteiger partial charge in [0.25, 0.3) is 0 Å². The molecule has 282 valence electrons. The van der Waals surface area contributed by atoms with Crippen LogP contribution in [0.3, 0.4) is 0 Å². The van der Waals surface area contributed by atoms with Crippen LogP contribution in [0.15, 0.2) is 225 Å². The standard InChI is InChI=1S/C59H41N/c1-3-40-17-21-42(22-18-40)44-25-32-48(33-26-44)60(49-34-27-45(28-35-49)43-23-19-41(4-2)20-24-43)50-36-29-46(30-37-50)47-31-38-54-53-13-7-10-16-57(53)59(58(54)39-47)55-14-8-5-11-51(55)52-12-6-9-15-56(52)59/h3-39H,1-2H2. The number of hydrogen-bond donors (Lipinski definition) is 0. The van der Waals surface area contributed by atoms with E-state index in [1.165, 1.54) is 77.9 Å². The Kier molecular flexibility index (Phi) is 8.42. The van der Waals surface area contributed by atoms with Gasteiger partial charge in [0.05, 0.1) is 5.41 Å². The molecule has 0 atom stereocenters. The molecule has 0 bridgehead atoms. The third kappa shape index (κ3) is 5.55. The van der Waals surface area contributed by atoms with Gasteiger partial charge in [-0.15, -0.1) is 0 Å². The maximum atomic E-state index is 3.92. The topological polar surface area (TPSA) is 3.24 Å². The summed E-state index contributed by atoms with van der Waals surface area (Å²) in [5.41, 5.74) is 22.9. The van der Waals surface area contributed by atoms with Crippen molar-refractivity contribution < 1.29 is 0 Å². The first kappa shape index (κ1) is 35.4. The van der Waals surface area contributed by atoms with E-state index in [1.54, 1.807) is 0 Å². The second kappa shape index (κ2) is 14.3. The molecule has 0 fully saturated rings. The molecule has 0 radical (unpaired) electrons. The van der Waals surface area contributed by atoms with E-state index >= 15 is 0 Å². The molecule has 0 amide bonds. The van der Waals surface area contributed by atoms with Crippen molar-refractivity contribution in [1.29, 1.82) is 0 Å². The van der Waals surface area contributed by atoms with Crippen molar-refractivity contribution >= 4 is 29.2 Å². The van der Waals surface area contributed by atoms with Gasteiger partial charge in [0.1, 0.15) is 0 Å². The second-order valence-electron chi connectivity index (χ2n) is 15.8. The third-order valence-corrected chi connectivity index (χ3v) is 12.7. The summed E-state index contributed by atoms with van der Waals surface area (Å²) >= 11 is 0. The summed E-state index contributed by atoms with van der Waals surface area (Å²) in [4.78, 5) is 2.35. The smallest absolute Gasteiger partial charge is 0.0725 e. The lowest BCUT2D eigenvalue weighted by molar-refractivity contribution is 0.794. The van der Waals surface area contributed by atoms with Gasteiger partial charge >= 0.3 is 0 Å². The average molecular weight is 764 g/mol. The van der Waals surface area contributed by atoms with Crippen LogP contribution in [-0.2, 0) is 5.41 Å². The molecule has 2 aliphatic rings. The molecule has 0 saturated carbocycles. The summed E-state index contributed by atoms with van der Waals surface area (Å²) in [6.07, 6.45) is 3.76. The zero-order valence-corrected chi connectivity index (χ0v) is 33.2. The van der Waals surface area contributed by atoms with Gasteiger partial charge in [-0.05, 0) is 131 Å². The molecular weight excluding hydrogens is 723 g/mol. The van der Waals surface area contributed by atoms with Crippen molar-refractivity contribution in [3.63, 3.8) is 0 Å². The van der Waals surface area contributed by atoms with Gasteiger partial charge in [-0.2, -0.15) is 0 Å². The highest BCUT2D eigenvalue weighted by Gasteiger charge is 2.51. The number of fused-ring (bicyclic) bond motifs is 10. The third-order valence-electron chi connectivity index (χ3n) is 12.7. The van der Waals surface area contributed by atoms with Crippen LogP contribution in [0, 0.1) is 0 Å². The molecule has 9 aromatic rings. The first-order valence-electron chi connectivity index (χ1n) is 20.6. The van der Waals surface area contributed by atoms with E-state index in [0.717, 1.165) is 28.2 Å². The summed E-state index contributed by atoms with van der Waals surface area (Å²) < 4.78 is 0. The van der Waals surface area contributed by atoms with Gasteiger partial charge in [-0.3, -0.25) is 0 Å². The van der Waals surface area contributed by atoms with Crippen molar-refractivity contribution in [2.75, 3.05) is 4.90 Å². The number of hydrogen-bond acceptors (Lipinski definition) is 1. The Hall–Kier alpha value is -7.74. The second-order valence-corrected chi connectivity index (χ2v) is 15.8. The molecule has 1 nitrogen and oxygen atoms in total. The lowest BCUT2D eigenvalue weighted by Gasteiger charge is -2.30. The summed E-state index contributed by atoms with van der Waals surface area (Å²) in [7, 11) is 0. The maximum absolute atomic E-state index is 3.92. The van der Waals surface area contributed by atoms with Crippen LogP contribution in [-0.4, -0.2) is 0 Å². The predicted molar refractivity (Wildman–Crippen MR) is 254 cm³/mol. The molecule has 0 unspecified atom stereocenters. The molecule has 0 heterocycles. The van der Waals surface area contributed by atoms with Gasteiger partial charge < -0.3 is 4.90 Å². The molecule has 0 N–H and O–H groups in total. The van der Waals surface area contributed by atoms with Gasteiger partial charge in [-0.1, -0.05) is 195 Å².